The molecule has 4 amide bonds. The summed E-state index contributed by atoms with van der Waals surface area (Å²) in [5, 5.41) is 2.23. The second-order valence-corrected chi connectivity index (χ2v) is 9.24. The van der Waals surface area contributed by atoms with Gasteiger partial charge in [0.15, 0.2) is 11.5 Å². The molecule has 1 aliphatic heterocycles. The predicted octanol–water partition coefficient (Wildman–Crippen LogP) is 5.86. The summed E-state index contributed by atoms with van der Waals surface area (Å²) in [4.78, 5) is 39.0. The molecule has 178 valence electrons. The van der Waals surface area contributed by atoms with Crippen LogP contribution in [0.5, 0.6) is 11.5 Å². The zero-order chi connectivity index (χ0) is 24.9. The second-order valence-electron chi connectivity index (χ2n) is 7.47. The number of rotatable bonds is 7. The van der Waals surface area contributed by atoms with Gasteiger partial charge < -0.3 is 9.47 Å². The molecule has 1 heterocycles. The second kappa shape index (κ2) is 10.9. The van der Waals surface area contributed by atoms with E-state index >= 15 is 0 Å². The maximum absolute atomic E-state index is 13.2. The third-order valence-electron chi connectivity index (χ3n) is 5.06. The number of barbiturate groups is 1. The number of imide groups is 2. The van der Waals surface area contributed by atoms with E-state index < -0.39 is 17.8 Å². The van der Waals surface area contributed by atoms with Crippen LogP contribution in [0.1, 0.15) is 18.1 Å². The van der Waals surface area contributed by atoms with Crippen LogP contribution >= 0.6 is 31.9 Å². The Morgan fingerprint density at radius 3 is 2.34 bits per heavy atom. The van der Waals surface area contributed by atoms with Crippen molar-refractivity contribution in [1.82, 2.24) is 5.32 Å². The largest absolute Gasteiger partial charge is 0.490 e. The number of nitrogens with one attached hydrogen (secondary N) is 1. The first-order valence-corrected chi connectivity index (χ1v) is 12.3. The molecule has 1 aliphatic rings. The molecule has 3 aromatic carbocycles. The average Bonchev–Trinajstić information content (AvgIpc) is 2.83. The van der Waals surface area contributed by atoms with E-state index in [9.17, 15) is 14.4 Å². The predicted molar refractivity (Wildman–Crippen MR) is 139 cm³/mol. The number of halogens is 2. The number of nitrogens with zero attached hydrogens (tertiary/aromatic N) is 1. The van der Waals surface area contributed by atoms with Crippen LogP contribution < -0.4 is 19.7 Å². The monoisotopic (exact) mass is 598 g/mol. The number of ether oxygens (including phenoxy) is 2. The van der Waals surface area contributed by atoms with Gasteiger partial charge >= 0.3 is 6.03 Å². The van der Waals surface area contributed by atoms with Crippen LogP contribution in [0.3, 0.4) is 0 Å². The lowest BCUT2D eigenvalue weighted by Gasteiger charge is -2.26. The van der Waals surface area contributed by atoms with E-state index in [0.717, 1.165) is 14.9 Å². The third-order valence-corrected chi connectivity index (χ3v) is 6.17. The van der Waals surface area contributed by atoms with Crippen molar-refractivity contribution in [2.75, 3.05) is 11.5 Å². The molecule has 0 aliphatic carbocycles. The minimum absolute atomic E-state index is 0.181. The fraction of sp³-hybridized carbons (Fsp3) is 0.115. The van der Waals surface area contributed by atoms with Crippen LogP contribution in [0.4, 0.5) is 10.5 Å². The first kappa shape index (κ1) is 24.7. The summed E-state index contributed by atoms with van der Waals surface area (Å²) in [6, 6.07) is 18.9. The summed E-state index contributed by atoms with van der Waals surface area (Å²) in [7, 11) is 0. The SMILES string of the molecule is CCOc1cc(/C=C2\C(=O)NC(=O)N(c3ccc(Br)cc3)C2=O)cc(Br)c1OCc1ccccc1. The van der Waals surface area contributed by atoms with Gasteiger partial charge in [0, 0.05) is 4.47 Å². The number of carbonyl (C=O) groups is 3. The number of anilines is 1. The lowest BCUT2D eigenvalue weighted by Crippen LogP contribution is -2.54. The van der Waals surface area contributed by atoms with Crippen molar-refractivity contribution in [2.24, 2.45) is 0 Å². The van der Waals surface area contributed by atoms with E-state index in [4.69, 9.17) is 9.47 Å². The maximum Gasteiger partial charge on any atom is 0.335 e. The van der Waals surface area contributed by atoms with E-state index in [1.807, 2.05) is 37.3 Å². The van der Waals surface area contributed by atoms with Gasteiger partial charge in [-0.2, -0.15) is 0 Å². The summed E-state index contributed by atoms with van der Waals surface area (Å²) in [6.45, 7) is 2.57. The average molecular weight is 600 g/mol. The molecule has 0 bridgehead atoms. The Balaban J connectivity index is 1.66. The van der Waals surface area contributed by atoms with Crippen molar-refractivity contribution >= 4 is 61.5 Å². The van der Waals surface area contributed by atoms with Gasteiger partial charge in [-0.15, -0.1) is 0 Å². The van der Waals surface area contributed by atoms with Gasteiger partial charge in [-0.3, -0.25) is 14.9 Å². The number of amides is 4. The zero-order valence-electron chi connectivity index (χ0n) is 18.6. The molecule has 0 aromatic heterocycles. The molecule has 0 radical (unpaired) electrons. The van der Waals surface area contributed by atoms with E-state index in [1.54, 1.807) is 36.4 Å². The topological polar surface area (TPSA) is 84.9 Å². The molecule has 9 heteroatoms. The Morgan fingerprint density at radius 1 is 0.943 bits per heavy atom. The van der Waals surface area contributed by atoms with Gasteiger partial charge in [0.05, 0.1) is 16.8 Å². The summed E-state index contributed by atoms with van der Waals surface area (Å²) >= 11 is 6.84. The normalized spacial score (nSPS) is 14.8. The van der Waals surface area contributed by atoms with Gasteiger partial charge in [-0.05, 0) is 76.5 Å². The van der Waals surface area contributed by atoms with E-state index in [2.05, 4.69) is 37.2 Å². The van der Waals surface area contributed by atoms with Crippen LogP contribution in [0.25, 0.3) is 6.08 Å². The van der Waals surface area contributed by atoms with Crippen molar-refractivity contribution in [3.63, 3.8) is 0 Å². The maximum atomic E-state index is 13.2. The van der Waals surface area contributed by atoms with Crippen molar-refractivity contribution < 1.29 is 23.9 Å². The Hall–Kier alpha value is -3.43. The summed E-state index contributed by atoms with van der Waals surface area (Å²) in [5.41, 5.74) is 1.68. The summed E-state index contributed by atoms with van der Waals surface area (Å²) in [5.74, 6) is -0.537. The Morgan fingerprint density at radius 2 is 1.66 bits per heavy atom. The number of benzene rings is 3. The lowest BCUT2D eigenvalue weighted by atomic mass is 10.1. The third kappa shape index (κ3) is 5.63. The molecule has 7 nitrogen and oxygen atoms in total. The Kier molecular flexibility index (Phi) is 7.67. The van der Waals surface area contributed by atoms with Gasteiger partial charge in [0.25, 0.3) is 11.8 Å². The van der Waals surface area contributed by atoms with Gasteiger partial charge in [0.1, 0.15) is 12.2 Å². The number of hydrogen-bond donors (Lipinski definition) is 1. The first-order chi connectivity index (χ1) is 16.9. The summed E-state index contributed by atoms with van der Waals surface area (Å²) < 4.78 is 13.2. The van der Waals surface area contributed by atoms with Crippen molar-refractivity contribution in [3.05, 3.63) is 92.4 Å². The van der Waals surface area contributed by atoms with E-state index in [1.165, 1.54) is 6.08 Å². The molecule has 1 N–H and O–H groups in total. The van der Waals surface area contributed by atoms with E-state index in [0.29, 0.717) is 40.4 Å². The molecule has 0 spiro atoms. The Labute approximate surface area is 219 Å². The quantitative estimate of drug-likeness (QED) is 0.272. The first-order valence-electron chi connectivity index (χ1n) is 10.7. The smallest absolute Gasteiger partial charge is 0.335 e. The molecule has 0 saturated carbocycles. The van der Waals surface area contributed by atoms with Crippen LogP contribution in [0.15, 0.2) is 81.2 Å². The molecule has 4 rings (SSSR count). The molecule has 3 aromatic rings. The molecular formula is C26H20Br2N2O5. The molecule has 1 saturated heterocycles. The van der Waals surface area contributed by atoms with Crippen molar-refractivity contribution in [1.29, 1.82) is 0 Å². The minimum atomic E-state index is -0.805. The highest BCUT2D eigenvalue weighted by atomic mass is 79.9. The number of urea groups is 1. The lowest BCUT2D eigenvalue weighted by molar-refractivity contribution is -0.122. The van der Waals surface area contributed by atoms with Crippen LogP contribution in [-0.4, -0.2) is 24.5 Å². The minimum Gasteiger partial charge on any atom is -0.490 e. The van der Waals surface area contributed by atoms with E-state index in [-0.39, 0.29) is 5.57 Å². The van der Waals surface area contributed by atoms with Crippen LogP contribution in [0.2, 0.25) is 0 Å². The van der Waals surface area contributed by atoms with Crippen LogP contribution in [-0.2, 0) is 16.2 Å². The highest BCUT2D eigenvalue weighted by Gasteiger charge is 2.36. The summed E-state index contributed by atoms with van der Waals surface area (Å²) in [6.07, 6.45) is 1.42. The Bertz CT molecular complexity index is 1310. The molecule has 0 atom stereocenters. The zero-order valence-corrected chi connectivity index (χ0v) is 21.8. The molecule has 0 unspecified atom stereocenters. The molecular weight excluding hydrogens is 580 g/mol. The number of hydrogen-bond acceptors (Lipinski definition) is 5. The fourth-order valence-electron chi connectivity index (χ4n) is 3.45. The van der Waals surface area contributed by atoms with Crippen molar-refractivity contribution in [3.8, 4) is 11.5 Å². The highest BCUT2D eigenvalue weighted by molar-refractivity contribution is 9.10. The van der Waals surface area contributed by atoms with Crippen molar-refractivity contribution in [2.45, 2.75) is 13.5 Å². The van der Waals surface area contributed by atoms with Gasteiger partial charge in [-0.1, -0.05) is 46.3 Å². The standard InChI is InChI=1S/C26H20Br2N2O5/c1-2-34-22-14-17(13-21(28)23(22)35-15-16-6-4-3-5-7-16)12-20-24(31)29-26(33)30(25(20)32)19-10-8-18(27)9-11-19/h3-14H,2,15H2,1H3,(H,29,31,33)/b20-12+. The van der Waals surface area contributed by atoms with Crippen LogP contribution in [0, 0.1) is 0 Å². The highest BCUT2D eigenvalue weighted by Crippen LogP contribution is 2.38. The molecule has 1 fully saturated rings. The van der Waals surface area contributed by atoms with Gasteiger partial charge in [-0.25, -0.2) is 9.69 Å². The number of carbonyl (C=O) groups excluding carboxylic acids is 3. The fourth-order valence-corrected chi connectivity index (χ4v) is 4.29. The molecule has 35 heavy (non-hydrogen) atoms. The van der Waals surface area contributed by atoms with Gasteiger partial charge in [0.2, 0.25) is 0 Å².